The molecule has 30 heavy (non-hydrogen) atoms. The first kappa shape index (κ1) is 26.4. The van der Waals surface area contributed by atoms with Gasteiger partial charge in [0.1, 0.15) is 0 Å². The van der Waals surface area contributed by atoms with E-state index < -0.39 is 10.0 Å². The standard InChI is InChI=1S/C21H33N5O2S.HI/c1-6-22-21(26(5)15-20-8-7-13-25(20)4)23-14-18-9-11-19(12-10-18)16-29(27,28)24-17(2)3;/h7-13,17,24H,6,14-16H2,1-5H3,(H,22,23);1H. The van der Waals surface area contributed by atoms with Gasteiger partial charge < -0.3 is 14.8 Å². The van der Waals surface area contributed by atoms with Crippen LogP contribution in [0.1, 0.15) is 37.6 Å². The summed E-state index contributed by atoms with van der Waals surface area (Å²) in [5.74, 6) is 0.818. The number of aliphatic imine (C=N–C) groups is 1. The number of aromatic nitrogens is 1. The molecular formula is C21H34IN5O2S. The van der Waals surface area contributed by atoms with Gasteiger partial charge in [-0.05, 0) is 44.0 Å². The van der Waals surface area contributed by atoms with E-state index in [1.54, 1.807) is 0 Å². The summed E-state index contributed by atoms with van der Waals surface area (Å²) < 4.78 is 28.8. The summed E-state index contributed by atoms with van der Waals surface area (Å²) in [5, 5.41) is 3.32. The van der Waals surface area contributed by atoms with Crippen molar-refractivity contribution in [3.05, 3.63) is 59.4 Å². The minimum Gasteiger partial charge on any atom is -0.357 e. The van der Waals surface area contributed by atoms with E-state index in [9.17, 15) is 8.42 Å². The molecule has 0 spiro atoms. The molecule has 1 aromatic carbocycles. The highest BCUT2D eigenvalue weighted by Crippen LogP contribution is 2.10. The smallest absolute Gasteiger partial charge is 0.216 e. The monoisotopic (exact) mass is 547 g/mol. The average molecular weight is 548 g/mol. The number of aryl methyl sites for hydroxylation is 1. The molecule has 9 heteroatoms. The average Bonchev–Trinajstić information content (AvgIpc) is 3.03. The third-order valence-electron chi connectivity index (χ3n) is 4.35. The highest BCUT2D eigenvalue weighted by Gasteiger charge is 2.13. The molecule has 0 bridgehead atoms. The largest absolute Gasteiger partial charge is 0.357 e. The van der Waals surface area contributed by atoms with Crippen LogP contribution in [0.5, 0.6) is 0 Å². The first-order chi connectivity index (χ1) is 13.7. The van der Waals surface area contributed by atoms with E-state index in [0.29, 0.717) is 6.54 Å². The lowest BCUT2D eigenvalue weighted by Gasteiger charge is -2.22. The Morgan fingerprint density at radius 2 is 1.80 bits per heavy atom. The summed E-state index contributed by atoms with van der Waals surface area (Å²) in [7, 11) is 0.736. The molecule has 2 aromatic rings. The maximum Gasteiger partial charge on any atom is 0.216 e. The lowest BCUT2D eigenvalue weighted by atomic mass is 10.1. The molecule has 0 amide bonds. The predicted octanol–water partition coefficient (Wildman–Crippen LogP) is 3.07. The van der Waals surface area contributed by atoms with Crippen LogP contribution in [0.25, 0.3) is 0 Å². The van der Waals surface area contributed by atoms with Crippen LogP contribution in [0.3, 0.4) is 0 Å². The van der Waals surface area contributed by atoms with Crippen LogP contribution in [0.4, 0.5) is 0 Å². The fraction of sp³-hybridized carbons (Fsp3) is 0.476. The maximum atomic E-state index is 12.1. The molecule has 7 nitrogen and oxygen atoms in total. The molecule has 0 aliphatic heterocycles. The minimum absolute atomic E-state index is 0. The SMILES string of the molecule is CCNC(=NCc1ccc(CS(=O)(=O)NC(C)C)cc1)N(C)Cc1cccn1C.I. The van der Waals surface area contributed by atoms with Crippen LogP contribution in [0.2, 0.25) is 0 Å². The van der Waals surface area contributed by atoms with E-state index in [0.717, 1.165) is 30.2 Å². The van der Waals surface area contributed by atoms with Gasteiger partial charge in [0, 0.05) is 38.6 Å². The van der Waals surface area contributed by atoms with Crippen molar-refractivity contribution in [1.29, 1.82) is 0 Å². The Morgan fingerprint density at radius 3 is 2.33 bits per heavy atom. The molecule has 168 valence electrons. The van der Waals surface area contributed by atoms with Crippen LogP contribution >= 0.6 is 24.0 Å². The molecule has 1 aromatic heterocycles. The molecular weight excluding hydrogens is 513 g/mol. The molecule has 1 heterocycles. The molecule has 2 N–H and O–H groups in total. The zero-order chi connectivity index (χ0) is 21.4. The topological polar surface area (TPSA) is 78.7 Å². The van der Waals surface area contributed by atoms with E-state index in [-0.39, 0.29) is 35.8 Å². The number of rotatable bonds is 9. The predicted molar refractivity (Wildman–Crippen MR) is 134 cm³/mol. The molecule has 0 radical (unpaired) electrons. The van der Waals surface area contributed by atoms with Crippen LogP contribution < -0.4 is 10.0 Å². The maximum absolute atomic E-state index is 12.1. The molecule has 0 fully saturated rings. The Kier molecular flexibility index (Phi) is 10.9. The Labute approximate surface area is 198 Å². The lowest BCUT2D eigenvalue weighted by Crippen LogP contribution is -2.38. The van der Waals surface area contributed by atoms with Gasteiger partial charge in [-0.1, -0.05) is 24.3 Å². The highest BCUT2D eigenvalue weighted by atomic mass is 127. The van der Waals surface area contributed by atoms with Crippen molar-refractivity contribution in [2.75, 3.05) is 13.6 Å². The number of hydrogen-bond acceptors (Lipinski definition) is 3. The van der Waals surface area contributed by atoms with E-state index in [2.05, 4.69) is 25.6 Å². The second kappa shape index (κ2) is 12.3. The van der Waals surface area contributed by atoms with Gasteiger partial charge in [0.25, 0.3) is 0 Å². The number of hydrogen-bond donors (Lipinski definition) is 2. The van der Waals surface area contributed by atoms with Gasteiger partial charge in [0.2, 0.25) is 10.0 Å². The van der Waals surface area contributed by atoms with Gasteiger partial charge in [-0.2, -0.15) is 0 Å². The number of nitrogens with zero attached hydrogens (tertiary/aromatic N) is 3. The van der Waals surface area contributed by atoms with Crippen molar-refractivity contribution < 1.29 is 8.42 Å². The van der Waals surface area contributed by atoms with E-state index in [4.69, 9.17) is 4.99 Å². The van der Waals surface area contributed by atoms with Gasteiger partial charge >= 0.3 is 0 Å². The Bertz CT molecular complexity index is 908. The van der Waals surface area contributed by atoms with Gasteiger partial charge in [0.15, 0.2) is 5.96 Å². The van der Waals surface area contributed by atoms with Crippen molar-refractivity contribution in [2.45, 2.75) is 45.7 Å². The highest BCUT2D eigenvalue weighted by molar-refractivity contribution is 14.0. The molecule has 0 aliphatic carbocycles. The lowest BCUT2D eigenvalue weighted by molar-refractivity contribution is 0.462. The zero-order valence-corrected chi connectivity index (χ0v) is 21.6. The van der Waals surface area contributed by atoms with E-state index in [1.807, 2.05) is 71.4 Å². The van der Waals surface area contributed by atoms with Crippen LogP contribution in [0, 0.1) is 0 Å². The Hall–Kier alpha value is -1.59. The Morgan fingerprint density at radius 1 is 1.17 bits per heavy atom. The second-order valence-corrected chi connectivity index (χ2v) is 9.24. The number of guanidine groups is 1. The van der Waals surface area contributed by atoms with Crippen LogP contribution in [-0.2, 0) is 35.9 Å². The molecule has 0 atom stereocenters. The summed E-state index contributed by atoms with van der Waals surface area (Å²) in [6, 6.07) is 11.6. The fourth-order valence-electron chi connectivity index (χ4n) is 2.98. The summed E-state index contributed by atoms with van der Waals surface area (Å²) in [6.45, 7) is 7.75. The molecule has 0 saturated carbocycles. The number of sulfonamides is 1. The molecule has 0 saturated heterocycles. The van der Waals surface area contributed by atoms with Crippen LogP contribution in [-0.4, -0.2) is 43.5 Å². The zero-order valence-electron chi connectivity index (χ0n) is 18.4. The number of nitrogens with one attached hydrogen (secondary N) is 2. The van der Waals surface area contributed by atoms with Gasteiger partial charge in [-0.15, -0.1) is 24.0 Å². The van der Waals surface area contributed by atoms with Crippen molar-refractivity contribution in [1.82, 2.24) is 19.5 Å². The van der Waals surface area contributed by atoms with Crippen molar-refractivity contribution in [2.24, 2.45) is 12.0 Å². The fourth-order valence-corrected chi connectivity index (χ4v) is 4.41. The van der Waals surface area contributed by atoms with Crippen molar-refractivity contribution in [3.63, 3.8) is 0 Å². The van der Waals surface area contributed by atoms with E-state index >= 15 is 0 Å². The van der Waals surface area contributed by atoms with E-state index in [1.165, 1.54) is 5.69 Å². The third-order valence-corrected chi connectivity index (χ3v) is 5.90. The molecule has 2 rings (SSSR count). The first-order valence-electron chi connectivity index (χ1n) is 9.87. The number of halogens is 1. The molecule has 0 aliphatic rings. The first-order valence-corrected chi connectivity index (χ1v) is 11.5. The summed E-state index contributed by atoms with van der Waals surface area (Å²) in [4.78, 5) is 6.82. The minimum atomic E-state index is -3.32. The summed E-state index contributed by atoms with van der Waals surface area (Å²) in [5.41, 5.74) is 3.00. The third kappa shape index (κ3) is 8.65. The Balaban J connectivity index is 0.00000450. The van der Waals surface area contributed by atoms with Crippen molar-refractivity contribution in [3.8, 4) is 0 Å². The molecule has 0 unspecified atom stereocenters. The van der Waals surface area contributed by atoms with Crippen LogP contribution in [0.15, 0.2) is 47.6 Å². The summed E-state index contributed by atoms with van der Waals surface area (Å²) in [6.07, 6.45) is 2.03. The van der Waals surface area contributed by atoms with Gasteiger partial charge in [-0.25, -0.2) is 18.1 Å². The second-order valence-electron chi connectivity index (χ2n) is 7.48. The van der Waals surface area contributed by atoms with Gasteiger partial charge in [-0.3, -0.25) is 0 Å². The van der Waals surface area contributed by atoms with Gasteiger partial charge in [0.05, 0.1) is 18.8 Å². The number of benzene rings is 1. The van der Waals surface area contributed by atoms with Crippen molar-refractivity contribution >= 4 is 40.0 Å². The summed E-state index contributed by atoms with van der Waals surface area (Å²) >= 11 is 0. The normalized spacial score (nSPS) is 12.0. The quantitative estimate of drug-likeness (QED) is 0.288.